The third-order valence-electron chi connectivity index (χ3n) is 3.06. The first-order valence-electron chi connectivity index (χ1n) is 6.92. The van der Waals surface area contributed by atoms with Gasteiger partial charge in [0.1, 0.15) is 18.1 Å². The van der Waals surface area contributed by atoms with E-state index in [1.165, 1.54) is 0 Å². The molecule has 0 radical (unpaired) electrons. The summed E-state index contributed by atoms with van der Waals surface area (Å²) in [7, 11) is 1.61. The summed E-state index contributed by atoms with van der Waals surface area (Å²) < 4.78 is 10.7. The highest BCUT2D eigenvalue weighted by molar-refractivity contribution is 6.33. The van der Waals surface area contributed by atoms with Gasteiger partial charge in [0.05, 0.1) is 23.7 Å². The molecule has 2 rings (SSSR count). The SMILES string of the molecule is COc1ccc(OC[C@H](C)NC(=O)c2ccccc2Cl)cc1. The van der Waals surface area contributed by atoms with Crippen molar-refractivity contribution in [2.24, 2.45) is 0 Å². The maximum Gasteiger partial charge on any atom is 0.253 e. The van der Waals surface area contributed by atoms with E-state index < -0.39 is 0 Å². The number of benzene rings is 2. The summed E-state index contributed by atoms with van der Waals surface area (Å²) in [5.41, 5.74) is 0.459. The number of carbonyl (C=O) groups is 1. The van der Waals surface area contributed by atoms with Crippen molar-refractivity contribution in [2.75, 3.05) is 13.7 Å². The van der Waals surface area contributed by atoms with Gasteiger partial charge < -0.3 is 14.8 Å². The van der Waals surface area contributed by atoms with Gasteiger partial charge in [0, 0.05) is 0 Å². The van der Waals surface area contributed by atoms with E-state index in [4.69, 9.17) is 21.1 Å². The second kappa shape index (κ2) is 7.71. The second-order valence-electron chi connectivity index (χ2n) is 4.84. The molecule has 116 valence electrons. The molecule has 1 N–H and O–H groups in total. The Labute approximate surface area is 135 Å². The minimum atomic E-state index is -0.212. The van der Waals surface area contributed by atoms with E-state index in [1.807, 2.05) is 31.2 Å². The zero-order valence-electron chi connectivity index (χ0n) is 12.5. The molecule has 0 aromatic heterocycles. The van der Waals surface area contributed by atoms with Gasteiger partial charge in [0.25, 0.3) is 5.91 Å². The number of hydrogen-bond acceptors (Lipinski definition) is 3. The minimum absolute atomic E-state index is 0.147. The van der Waals surface area contributed by atoms with Crippen molar-refractivity contribution in [3.8, 4) is 11.5 Å². The maximum absolute atomic E-state index is 12.1. The first-order valence-corrected chi connectivity index (χ1v) is 7.30. The topological polar surface area (TPSA) is 47.6 Å². The quantitative estimate of drug-likeness (QED) is 0.885. The average molecular weight is 320 g/mol. The van der Waals surface area contributed by atoms with Crippen LogP contribution in [0.5, 0.6) is 11.5 Å². The van der Waals surface area contributed by atoms with Crippen LogP contribution in [0.4, 0.5) is 0 Å². The fourth-order valence-corrected chi connectivity index (χ4v) is 2.10. The van der Waals surface area contributed by atoms with Crippen molar-refractivity contribution in [1.82, 2.24) is 5.32 Å². The Bertz CT molecular complexity index is 628. The number of rotatable bonds is 6. The maximum atomic E-state index is 12.1. The van der Waals surface area contributed by atoms with E-state index in [2.05, 4.69) is 5.32 Å². The Balaban J connectivity index is 1.86. The van der Waals surface area contributed by atoms with Crippen LogP contribution in [0.2, 0.25) is 5.02 Å². The lowest BCUT2D eigenvalue weighted by molar-refractivity contribution is 0.0927. The van der Waals surface area contributed by atoms with Gasteiger partial charge >= 0.3 is 0 Å². The van der Waals surface area contributed by atoms with Crippen molar-refractivity contribution >= 4 is 17.5 Å². The van der Waals surface area contributed by atoms with Crippen LogP contribution in [0.1, 0.15) is 17.3 Å². The van der Waals surface area contributed by atoms with Crippen molar-refractivity contribution < 1.29 is 14.3 Å². The molecule has 0 saturated carbocycles. The highest BCUT2D eigenvalue weighted by atomic mass is 35.5. The summed E-state index contributed by atoms with van der Waals surface area (Å²) in [6.07, 6.45) is 0. The number of amides is 1. The van der Waals surface area contributed by atoms with E-state index in [1.54, 1.807) is 31.4 Å². The number of halogens is 1. The number of carbonyl (C=O) groups excluding carboxylic acids is 1. The zero-order valence-corrected chi connectivity index (χ0v) is 13.3. The van der Waals surface area contributed by atoms with Crippen LogP contribution in [0.15, 0.2) is 48.5 Å². The Morgan fingerprint density at radius 1 is 1.14 bits per heavy atom. The molecule has 2 aromatic rings. The predicted octanol–water partition coefficient (Wildman–Crippen LogP) is 3.55. The molecule has 0 spiro atoms. The Hall–Kier alpha value is -2.20. The predicted molar refractivity (Wildman–Crippen MR) is 86.9 cm³/mol. The molecule has 0 saturated heterocycles. The van der Waals surface area contributed by atoms with E-state index >= 15 is 0 Å². The lowest BCUT2D eigenvalue weighted by Crippen LogP contribution is -2.36. The molecule has 1 amide bonds. The van der Waals surface area contributed by atoms with Gasteiger partial charge in [0.15, 0.2) is 0 Å². The lowest BCUT2D eigenvalue weighted by atomic mass is 10.2. The van der Waals surface area contributed by atoms with Crippen molar-refractivity contribution in [3.05, 3.63) is 59.1 Å². The number of methoxy groups -OCH3 is 1. The molecule has 2 aromatic carbocycles. The fourth-order valence-electron chi connectivity index (χ4n) is 1.88. The van der Waals surface area contributed by atoms with Crippen LogP contribution in [0.3, 0.4) is 0 Å². The largest absolute Gasteiger partial charge is 0.497 e. The van der Waals surface area contributed by atoms with Gasteiger partial charge in [-0.3, -0.25) is 4.79 Å². The summed E-state index contributed by atoms with van der Waals surface area (Å²) in [5, 5.41) is 3.29. The molecule has 0 aliphatic rings. The van der Waals surface area contributed by atoms with Gasteiger partial charge in [-0.2, -0.15) is 0 Å². The fraction of sp³-hybridized carbons (Fsp3) is 0.235. The standard InChI is InChI=1S/C17H18ClNO3/c1-12(11-22-14-9-7-13(21-2)8-10-14)19-17(20)15-5-3-4-6-16(15)18/h3-10,12H,11H2,1-2H3,(H,19,20)/t12-/m0/s1. The van der Waals surface area contributed by atoms with E-state index in [-0.39, 0.29) is 11.9 Å². The molecule has 1 atom stereocenters. The summed E-state index contributed by atoms with van der Waals surface area (Å²) in [4.78, 5) is 12.1. The Kier molecular flexibility index (Phi) is 5.67. The molecule has 0 unspecified atom stereocenters. The van der Waals surface area contributed by atoms with Gasteiger partial charge in [0.2, 0.25) is 0 Å². The molecule has 0 bridgehead atoms. The molecular formula is C17H18ClNO3. The van der Waals surface area contributed by atoms with E-state index in [0.29, 0.717) is 17.2 Å². The van der Waals surface area contributed by atoms with Crippen LogP contribution in [0, 0.1) is 0 Å². The normalized spacial score (nSPS) is 11.6. The van der Waals surface area contributed by atoms with Crippen molar-refractivity contribution in [3.63, 3.8) is 0 Å². The van der Waals surface area contributed by atoms with Gasteiger partial charge in [-0.25, -0.2) is 0 Å². The van der Waals surface area contributed by atoms with Crippen molar-refractivity contribution in [1.29, 1.82) is 0 Å². The Morgan fingerprint density at radius 2 is 1.77 bits per heavy atom. The first kappa shape index (κ1) is 16.2. The van der Waals surface area contributed by atoms with E-state index in [0.717, 1.165) is 11.5 Å². The first-order chi connectivity index (χ1) is 10.6. The summed E-state index contributed by atoms with van der Waals surface area (Å²) >= 11 is 6.00. The van der Waals surface area contributed by atoms with Crippen LogP contribution in [-0.4, -0.2) is 25.7 Å². The van der Waals surface area contributed by atoms with Crippen LogP contribution in [0.25, 0.3) is 0 Å². The van der Waals surface area contributed by atoms with E-state index in [9.17, 15) is 4.79 Å². The van der Waals surface area contributed by atoms with Gasteiger partial charge in [-0.15, -0.1) is 0 Å². The highest BCUT2D eigenvalue weighted by Gasteiger charge is 2.12. The molecular weight excluding hydrogens is 302 g/mol. The van der Waals surface area contributed by atoms with Crippen LogP contribution in [-0.2, 0) is 0 Å². The van der Waals surface area contributed by atoms with Crippen LogP contribution >= 0.6 is 11.6 Å². The molecule has 0 fully saturated rings. The van der Waals surface area contributed by atoms with Gasteiger partial charge in [-0.05, 0) is 43.3 Å². The number of ether oxygens (including phenoxy) is 2. The monoisotopic (exact) mass is 319 g/mol. The molecule has 0 aliphatic carbocycles. The van der Waals surface area contributed by atoms with Gasteiger partial charge in [-0.1, -0.05) is 23.7 Å². The summed E-state index contributed by atoms with van der Waals surface area (Å²) in [5.74, 6) is 1.28. The molecule has 4 nitrogen and oxygen atoms in total. The van der Waals surface area contributed by atoms with Crippen LogP contribution < -0.4 is 14.8 Å². The number of hydrogen-bond donors (Lipinski definition) is 1. The smallest absolute Gasteiger partial charge is 0.253 e. The molecule has 0 aliphatic heterocycles. The van der Waals surface area contributed by atoms with Crippen molar-refractivity contribution in [2.45, 2.75) is 13.0 Å². The zero-order chi connectivity index (χ0) is 15.9. The lowest BCUT2D eigenvalue weighted by Gasteiger charge is -2.15. The molecule has 5 heteroatoms. The summed E-state index contributed by atoms with van der Waals surface area (Å²) in [6.45, 7) is 2.24. The Morgan fingerprint density at radius 3 is 2.41 bits per heavy atom. The molecule has 22 heavy (non-hydrogen) atoms. The third kappa shape index (κ3) is 4.40. The minimum Gasteiger partial charge on any atom is -0.497 e. The average Bonchev–Trinajstić information content (AvgIpc) is 2.53. The number of nitrogens with one attached hydrogen (secondary N) is 1. The summed E-state index contributed by atoms with van der Waals surface area (Å²) in [6, 6.07) is 14.1. The second-order valence-corrected chi connectivity index (χ2v) is 5.25. The molecule has 0 heterocycles. The third-order valence-corrected chi connectivity index (χ3v) is 3.38. The highest BCUT2D eigenvalue weighted by Crippen LogP contribution is 2.17.